The van der Waals surface area contributed by atoms with E-state index in [0.29, 0.717) is 30.2 Å². The smallest absolute Gasteiger partial charge is 0.338 e. The first-order valence-corrected chi connectivity index (χ1v) is 7.23. The molecule has 0 spiro atoms. The number of benzene rings is 1. The normalized spacial score (nSPS) is 13.6. The summed E-state index contributed by atoms with van der Waals surface area (Å²) in [5.41, 5.74) is 1.83. The van der Waals surface area contributed by atoms with Crippen molar-refractivity contribution in [1.82, 2.24) is 0 Å². The minimum absolute atomic E-state index is 0.0221. The van der Waals surface area contributed by atoms with E-state index in [1.165, 1.54) is 7.11 Å². The number of esters is 1. The summed E-state index contributed by atoms with van der Waals surface area (Å²) in [6.07, 6.45) is 1.69. The molecule has 22 heavy (non-hydrogen) atoms. The van der Waals surface area contributed by atoms with Gasteiger partial charge in [0.15, 0.2) is 6.61 Å². The van der Waals surface area contributed by atoms with Crippen molar-refractivity contribution in [2.24, 2.45) is 0 Å². The predicted molar refractivity (Wildman–Crippen MR) is 81.5 cm³/mol. The van der Waals surface area contributed by atoms with Crippen LogP contribution in [0.25, 0.3) is 0 Å². The molecule has 0 aromatic heterocycles. The predicted octanol–water partition coefficient (Wildman–Crippen LogP) is 1.93. The molecule has 0 bridgehead atoms. The van der Waals surface area contributed by atoms with Gasteiger partial charge in [-0.2, -0.15) is 0 Å². The number of amides is 1. The van der Waals surface area contributed by atoms with Gasteiger partial charge in [0.1, 0.15) is 5.75 Å². The molecule has 120 valence electrons. The molecule has 0 fully saturated rings. The van der Waals surface area contributed by atoms with Gasteiger partial charge < -0.3 is 19.1 Å². The lowest BCUT2D eigenvalue weighted by Gasteiger charge is -2.30. The second-order valence-corrected chi connectivity index (χ2v) is 5.16. The van der Waals surface area contributed by atoms with Gasteiger partial charge in [0.05, 0.1) is 18.4 Å². The van der Waals surface area contributed by atoms with Crippen molar-refractivity contribution in [3.8, 4) is 5.75 Å². The van der Waals surface area contributed by atoms with Gasteiger partial charge in [0.25, 0.3) is 5.91 Å². The molecule has 1 heterocycles. The first-order valence-electron chi connectivity index (χ1n) is 7.23. The fraction of sp³-hybridized carbons (Fsp3) is 0.500. The lowest BCUT2D eigenvalue weighted by Crippen LogP contribution is -2.39. The zero-order valence-corrected chi connectivity index (χ0v) is 13.2. The van der Waals surface area contributed by atoms with Crippen molar-refractivity contribution in [2.75, 3.05) is 38.9 Å². The minimum atomic E-state index is -0.419. The summed E-state index contributed by atoms with van der Waals surface area (Å²) in [6, 6.07) is 3.44. The number of rotatable bonds is 6. The number of fused-ring (bicyclic) bond motifs is 1. The standard InChI is InChI=1S/C16H21NO5/c1-11-8-14-13(9-12(11)16(19)21-3)17(15(18)10-22-14)6-4-5-7-20-2/h8-9H,4-7,10H2,1-3H3. The molecule has 0 unspecified atom stereocenters. The molecule has 0 N–H and O–H groups in total. The lowest BCUT2D eigenvalue weighted by atomic mass is 10.1. The van der Waals surface area contributed by atoms with Crippen molar-refractivity contribution in [1.29, 1.82) is 0 Å². The fourth-order valence-corrected chi connectivity index (χ4v) is 2.44. The molecular formula is C16H21NO5. The highest BCUT2D eigenvalue weighted by Gasteiger charge is 2.27. The van der Waals surface area contributed by atoms with Crippen LogP contribution in [0.15, 0.2) is 12.1 Å². The zero-order valence-electron chi connectivity index (χ0n) is 13.2. The van der Waals surface area contributed by atoms with E-state index in [-0.39, 0.29) is 12.5 Å². The third kappa shape index (κ3) is 3.39. The van der Waals surface area contributed by atoms with E-state index in [2.05, 4.69) is 0 Å². The fourth-order valence-electron chi connectivity index (χ4n) is 2.44. The Morgan fingerprint density at radius 3 is 2.77 bits per heavy atom. The molecule has 0 atom stereocenters. The second-order valence-electron chi connectivity index (χ2n) is 5.16. The van der Waals surface area contributed by atoms with Gasteiger partial charge >= 0.3 is 5.97 Å². The Balaban J connectivity index is 2.27. The van der Waals surface area contributed by atoms with Crippen molar-refractivity contribution < 1.29 is 23.8 Å². The number of anilines is 1. The van der Waals surface area contributed by atoms with Crippen LogP contribution in [0.4, 0.5) is 5.69 Å². The number of nitrogens with zero attached hydrogens (tertiary/aromatic N) is 1. The number of aryl methyl sites for hydroxylation is 1. The average molecular weight is 307 g/mol. The monoisotopic (exact) mass is 307 g/mol. The van der Waals surface area contributed by atoms with Crippen molar-refractivity contribution >= 4 is 17.6 Å². The maximum Gasteiger partial charge on any atom is 0.338 e. The van der Waals surface area contributed by atoms with Gasteiger partial charge in [-0.25, -0.2) is 4.79 Å². The Morgan fingerprint density at radius 2 is 2.09 bits per heavy atom. The van der Waals surface area contributed by atoms with Crippen LogP contribution in [0, 0.1) is 6.92 Å². The summed E-state index contributed by atoms with van der Waals surface area (Å²) in [4.78, 5) is 25.6. The molecule has 6 heteroatoms. The largest absolute Gasteiger partial charge is 0.482 e. The highest BCUT2D eigenvalue weighted by atomic mass is 16.5. The third-order valence-electron chi connectivity index (χ3n) is 3.63. The molecule has 1 aliphatic heterocycles. The Labute approximate surface area is 129 Å². The van der Waals surface area contributed by atoms with Gasteiger partial charge in [0.2, 0.25) is 0 Å². The first-order chi connectivity index (χ1) is 10.6. The van der Waals surface area contributed by atoms with Crippen LogP contribution < -0.4 is 9.64 Å². The van der Waals surface area contributed by atoms with Crippen LogP contribution in [-0.2, 0) is 14.3 Å². The third-order valence-corrected chi connectivity index (χ3v) is 3.63. The Morgan fingerprint density at radius 1 is 1.32 bits per heavy atom. The molecule has 1 aromatic carbocycles. The maximum atomic E-state index is 12.1. The van der Waals surface area contributed by atoms with Crippen molar-refractivity contribution in [3.63, 3.8) is 0 Å². The number of hydrogen-bond acceptors (Lipinski definition) is 5. The van der Waals surface area contributed by atoms with E-state index < -0.39 is 5.97 Å². The van der Waals surface area contributed by atoms with Crippen LogP contribution in [0.3, 0.4) is 0 Å². The number of unbranched alkanes of at least 4 members (excludes halogenated alkanes) is 1. The van der Waals surface area contributed by atoms with E-state index in [9.17, 15) is 9.59 Å². The van der Waals surface area contributed by atoms with E-state index in [1.54, 1.807) is 24.1 Å². The van der Waals surface area contributed by atoms with Crippen LogP contribution in [0.1, 0.15) is 28.8 Å². The number of methoxy groups -OCH3 is 2. The van der Waals surface area contributed by atoms with E-state index in [1.807, 2.05) is 6.92 Å². The molecule has 6 nitrogen and oxygen atoms in total. The number of hydrogen-bond donors (Lipinski definition) is 0. The molecule has 0 saturated heterocycles. The minimum Gasteiger partial charge on any atom is -0.482 e. The van der Waals surface area contributed by atoms with E-state index >= 15 is 0 Å². The quantitative estimate of drug-likeness (QED) is 0.593. The number of ether oxygens (including phenoxy) is 3. The Hall–Kier alpha value is -2.08. The molecule has 1 aliphatic rings. The van der Waals surface area contributed by atoms with Crippen LogP contribution in [-0.4, -0.2) is 45.9 Å². The molecule has 1 aromatic rings. The van der Waals surface area contributed by atoms with Crippen molar-refractivity contribution in [2.45, 2.75) is 19.8 Å². The number of carbonyl (C=O) groups excluding carboxylic acids is 2. The summed E-state index contributed by atoms with van der Waals surface area (Å²) in [5, 5.41) is 0. The van der Waals surface area contributed by atoms with Gasteiger partial charge in [-0.15, -0.1) is 0 Å². The molecule has 1 amide bonds. The summed E-state index contributed by atoms with van der Waals surface area (Å²) in [6.45, 7) is 3.07. The highest BCUT2D eigenvalue weighted by Crippen LogP contribution is 2.35. The molecule has 0 radical (unpaired) electrons. The summed E-state index contributed by atoms with van der Waals surface area (Å²) >= 11 is 0. The van der Waals surface area contributed by atoms with Crippen LogP contribution in [0.5, 0.6) is 5.75 Å². The van der Waals surface area contributed by atoms with Crippen LogP contribution >= 0.6 is 0 Å². The topological polar surface area (TPSA) is 65.1 Å². The Kier molecular flexibility index (Phi) is 5.38. The first kappa shape index (κ1) is 16.3. The summed E-state index contributed by atoms with van der Waals surface area (Å²) in [5.74, 6) is 0.0961. The average Bonchev–Trinajstić information content (AvgIpc) is 2.52. The van der Waals surface area contributed by atoms with Gasteiger partial charge in [-0.3, -0.25) is 4.79 Å². The molecular weight excluding hydrogens is 286 g/mol. The Bertz CT molecular complexity index is 570. The van der Waals surface area contributed by atoms with Gasteiger partial charge in [0, 0.05) is 20.3 Å². The van der Waals surface area contributed by atoms with E-state index in [0.717, 1.165) is 18.4 Å². The maximum absolute atomic E-state index is 12.1. The zero-order chi connectivity index (χ0) is 16.1. The van der Waals surface area contributed by atoms with Crippen molar-refractivity contribution in [3.05, 3.63) is 23.3 Å². The van der Waals surface area contributed by atoms with Gasteiger partial charge in [-0.05, 0) is 37.5 Å². The SMILES string of the molecule is COCCCCN1C(=O)COc2cc(C)c(C(=O)OC)cc21. The molecule has 0 aliphatic carbocycles. The lowest BCUT2D eigenvalue weighted by molar-refractivity contribution is -0.121. The van der Waals surface area contributed by atoms with E-state index in [4.69, 9.17) is 14.2 Å². The number of carbonyl (C=O) groups is 2. The molecule has 2 rings (SSSR count). The highest BCUT2D eigenvalue weighted by molar-refractivity contribution is 6.00. The summed E-state index contributed by atoms with van der Waals surface area (Å²) in [7, 11) is 2.99. The molecule has 0 saturated carbocycles. The second kappa shape index (κ2) is 7.26. The van der Waals surface area contributed by atoms with Crippen LogP contribution in [0.2, 0.25) is 0 Å². The summed E-state index contributed by atoms with van der Waals surface area (Å²) < 4.78 is 15.3. The van der Waals surface area contributed by atoms with Gasteiger partial charge in [-0.1, -0.05) is 0 Å².